The molecule has 0 bridgehead atoms. The van der Waals surface area contributed by atoms with Crippen LogP contribution < -0.4 is 0 Å². The van der Waals surface area contributed by atoms with E-state index in [1.807, 2.05) is 12.1 Å². The Hall–Kier alpha value is -6.64. The fourth-order valence-electron chi connectivity index (χ4n) is 7.51. The van der Waals surface area contributed by atoms with Gasteiger partial charge in [0, 0.05) is 27.2 Å². The summed E-state index contributed by atoms with van der Waals surface area (Å²) in [5.41, 5.74) is 15.0. The van der Waals surface area contributed by atoms with Crippen molar-refractivity contribution >= 4 is 43.7 Å². The van der Waals surface area contributed by atoms with E-state index in [2.05, 4.69) is 180 Å². The summed E-state index contributed by atoms with van der Waals surface area (Å²) in [5, 5.41) is 4.79. The standard InChI is InChI=1S/C48H31NO/c1-3-10-32(11-4-1)37-22-25-45-42(29-37)43-30-38(33-12-5-2-6-13-33)23-26-46(43)49(45)40-15-9-14-36(28-40)34-18-20-35(21-19-34)39-24-27-48-44(31-39)41-16-7-8-17-47(41)50-48/h1-31H. The molecule has 0 radical (unpaired) electrons. The van der Waals surface area contributed by atoms with Crippen molar-refractivity contribution in [2.75, 3.05) is 0 Å². The first-order valence-corrected chi connectivity index (χ1v) is 17.1. The van der Waals surface area contributed by atoms with Crippen LogP contribution >= 0.6 is 0 Å². The number of furan rings is 1. The van der Waals surface area contributed by atoms with Crippen LogP contribution in [0.1, 0.15) is 0 Å². The molecule has 0 aliphatic carbocycles. The summed E-state index contributed by atoms with van der Waals surface area (Å²) in [7, 11) is 0. The Balaban J connectivity index is 1.07. The van der Waals surface area contributed by atoms with Crippen LogP contribution in [0, 0.1) is 0 Å². The van der Waals surface area contributed by atoms with E-state index in [4.69, 9.17) is 4.42 Å². The summed E-state index contributed by atoms with van der Waals surface area (Å²) >= 11 is 0. The highest BCUT2D eigenvalue weighted by molar-refractivity contribution is 6.12. The normalized spacial score (nSPS) is 11.6. The molecule has 0 amide bonds. The highest BCUT2D eigenvalue weighted by Crippen LogP contribution is 2.38. The lowest BCUT2D eigenvalue weighted by atomic mass is 9.99. The molecule has 2 heterocycles. The van der Waals surface area contributed by atoms with E-state index in [9.17, 15) is 0 Å². The maximum absolute atomic E-state index is 6.07. The molecule has 0 unspecified atom stereocenters. The second-order valence-corrected chi connectivity index (χ2v) is 13.0. The largest absolute Gasteiger partial charge is 0.456 e. The van der Waals surface area contributed by atoms with Gasteiger partial charge in [-0.1, -0.05) is 133 Å². The van der Waals surface area contributed by atoms with E-state index in [1.54, 1.807) is 0 Å². The Morgan fingerprint density at radius 1 is 0.280 bits per heavy atom. The van der Waals surface area contributed by atoms with Crippen LogP contribution in [0.25, 0.3) is 93.9 Å². The van der Waals surface area contributed by atoms with Crippen molar-refractivity contribution in [3.63, 3.8) is 0 Å². The van der Waals surface area contributed by atoms with Gasteiger partial charge >= 0.3 is 0 Å². The van der Waals surface area contributed by atoms with Crippen molar-refractivity contribution in [2.45, 2.75) is 0 Å². The summed E-state index contributed by atoms with van der Waals surface area (Å²) in [4.78, 5) is 0. The Morgan fingerprint density at radius 2 is 0.720 bits per heavy atom. The third kappa shape index (κ3) is 4.73. The number of aromatic nitrogens is 1. The molecule has 234 valence electrons. The third-order valence-corrected chi connectivity index (χ3v) is 10.0. The minimum Gasteiger partial charge on any atom is -0.456 e. The van der Waals surface area contributed by atoms with Gasteiger partial charge in [-0.3, -0.25) is 0 Å². The zero-order valence-corrected chi connectivity index (χ0v) is 27.3. The topological polar surface area (TPSA) is 18.1 Å². The first-order valence-electron chi connectivity index (χ1n) is 17.1. The van der Waals surface area contributed by atoms with Crippen molar-refractivity contribution in [2.24, 2.45) is 0 Å². The molecule has 8 aromatic carbocycles. The molecule has 10 aromatic rings. The number of fused-ring (bicyclic) bond motifs is 6. The van der Waals surface area contributed by atoms with Gasteiger partial charge in [0.1, 0.15) is 11.2 Å². The number of benzene rings is 8. The minimum absolute atomic E-state index is 0.918. The molecule has 0 spiro atoms. The molecule has 10 rings (SSSR count). The molecule has 2 aromatic heterocycles. The molecule has 2 heteroatoms. The molecular weight excluding hydrogens is 607 g/mol. The first-order chi connectivity index (χ1) is 24.8. The maximum atomic E-state index is 6.07. The lowest BCUT2D eigenvalue weighted by Gasteiger charge is -2.11. The van der Waals surface area contributed by atoms with Gasteiger partial charge in [-0.15, -0.1) is 0 Å². The fourth-order valence-corrected chi connectivity index (χ4v) is 7.51. The van der Waals surface area contributed by atoms with Crippen molar-refractivity contribution in [3.05, 3.63) is 188 Å². The zero-order valence-electron chi connectivity index (χ0n) is 27.3. The average Bonchev–Trinajstić information content (AvgIpc) is 3.73. The van der Waals surface area contributed by atoms with Crippen LogP contribution in [-0.4, -0.2) is 4.57 Å². The highest BCUT2D eigenvalue weighted by Gasteiger charge is 2.16. The predicted molar refractivity (Wildman–Crippen MR) is 210 cm³/mol. The molecule has 0 aliphatic rings. The first kappa shape index (κ1) is 28.4. The number of nitrogens with zero attached hydrogens (tertiary/aromatic N) is 1. The second-order valence-electron chi connectivity index (χ2n) is 13.0. The van der Waals surface area contributed by atoms with Gasteiger partial charge in [-0.05, 0) is 99.1 Å². The summed E-state index contributed by atoms with van der Waals surface area (Å²) in [6, 6.07) is 67.6. The van der Waals surface area contributed by atoms with Crippen molar-refractivity contribution in [1.82, 2.24) is 4.57 Å². The summed E-state index contributed by atoms with van der Waals surface area (Å²) in [6.07, 6.45) is 0. The second kappa shape index (κ2) is 11.5. The zero-order chi connectivity index (χ0) is 33.0. The predicted octanol–water partition coefficient (Wildman–Crippen LogP) is 13.4. The van der Waals surface area contributed by atoms with Gasteiger partial charge in [0.25, 0.3) is 0 Å². The van der Waals surface area contributed by atoms with Gasteiger partial charge in [0.2, 0.25) is 0 Å². The monoisotopic (exact) mass is 637 g/mol. The minimum atomic E-state index is 0.918. The Bertz CT molecular complexity index is 2740. The molecule has 0 atom stereocenters. The van der Waals surface area contributed by atoms with Crippen LogP contribution in [0.2, 0.25) is 0 Å². The van der Waals surface area contributed by atoms with Crippen molar-refractivity contribution < 1.29 is 4.42 Å². The molecule has 2 nitrogen and oxygen atoms in total. The van der Waals surface area contributed by atoms with E-state index in [-0.39, 0.29) is 0 Å². The van der Waals surface area contributed by atoms with E-state index in [0.717, 1.165) is 27.6 Å². The molecule has 50 heavy (non-hydrogen) atoms. The SMILES string of the molecule is c1ccc(-c2ccc3c(c2)c2cc(-c4ccccc4)ccc2n3-c2cccc(-c3ccc(-c4ccc5oc6ccccc6c5c4)cc3)c2)cc1. The maximum Gasteiger partial charge on any atom is 0.135 e. The van der Waals surface area contributed by atoms with Crippen LogP contribution in [0.5, 0.6) is 0 Å². The number of rotatable bonds is 5. The number of hydrogen-bond acceptors (Lipinski definition) is 1. The molecule has 0 fully saturated rings. The summed E-state index contributed by atoms with van der Waals surface area (Å²) in [5.74, 6) is 0. The molecular formula is C48H31NO. The van der Waals surface area contributed by atoms with Gasteiger partial charge in [-0.25, -0.2) is 0 Å². The summed E-state index contributed by atoms with van der Waals surface area (Å²) < 4.78 is 8.48. The third-order valence-electron chi connectivity index (χ3n) is 10.0. The quantitative estimate of drug-likeness (QED) is 0.184. The van der Waals surface area contributed by atoms with Gasteiger partial charge in [0.05, 0.1) is 11.0 Å². The Morgan fingerprint density at radius 3 is 1.34 bits per heavy atom. The molecule has 0 aliphatic heterocycles. The smallest absolute Gasteiger partial charge is 0.135 e. The van der Waals surface area contributed by atoms with Crippen LogP contribution in [-0.2, 0) is 0 Å². The molecule has 0 saturated carbocycles. The number of para-hydroxylation sites is 1. The lowest BCUT2D eigenvalue weighted by Crippen LogP contribution is -1.94. The molecule has 0 saturated heterocycles. The molecule has 0 N–H and O–H groups in total. The van der Waals surface area contributed by atoms with Gasteiger partial charge in [0.15, 0.2) is 0 Å². The van der Waals surface area contributed by atoms with E-state index < -0.39 is 0 Å². The number of hydrogen-bond donors (Lipinski definition) is 0. The average molecular weight is 638 g/mol. The fraction of sp³-hybridized carbons (Fsp3) is 0. The van der Waals surface area contributed by atoms with E-state index in [0.29, 0.717) is 0 Å². The van der Waals surface area contributed by atoms with Gasteiger partial charge in [-0.2, -0.15) is 0 Å². The Labute approximate surface area is 290 Å². The summed E-state index contributed by atoms with van der Waals surface area (Å²) in [6.45, 7) is 0. The van der Waals surface area contributed by atoms with Crippen molar-refractivity contribution in [1.29, 1.82) is 0 Å². The van der Waals surface area contributed by atoms with Gasteiger partial charge < -0.3 is 8.98 Å². The van der Waals surface area contributed by atoms with Crippen LogP contribution in [0.15, 0.2) is 192 Å². The van der Waals surface area contributed by atoms with Crippen LogP contribution in [0.4, 0.5) is 0 Å². The highest BCUT2D eigenvalue weighted by atomic mass is 16.3. The van der Waals surface area contributed by atoms with E-state index >= 15 is 0 Å². The van der Waals surface area contributed by atoms with Crippen LogP contribution in [0.3, 0.4) is 0 Å². The Kier molecular flexibility index (Phi) is 6.53. The van der Waals surface area contributed by atoms with E-state index in [1.165, 1.54) is 66.3 Å². The lowest BCUT2D eigenvalue weighted by molar-refractivity contribution is 0.669. The van der Waals surface area contributed by atoms with Crippen molar-refractivity contribution in [3.8, 4) is 50.2 Å².